The van der Waals surface area contributed by atoms with E-state index in [1.54, 1.807) is 18.3 Å². The molecule has 13 heavy (non-hydrogen) atoms. The van der Waals surface area contributed by atoms with Crippen LogP contribution in [0.15, 0.2) is 27.2 Å². The molecule has 0 radical (unpaired) electrons. The number of rotatable bonds is 2. The molecule has 2 aromatic heterocycles. The van der Waals surface area contributed by atoms with Crippen LogP contribution in [0.3, 0.4) is 0 Å². The summed E-state index contributed by atoms with van der Waals surface area (Å²) in [5, 5.41) is 0.318. The van der Waals surface area contributed by atoms with Crippen LogP contribution in [0.25, 0.3) is 11.5 Å². The van der Waals surface area contributed by atoms with Crippen molar-refractivity contribution in [3.8, 4) is 11.5 Å². The van der Waals surface area contributed by atoms with Gasteiger partial charge < -0.3 is 8.83 Å². The van der Waals surface area contributed by atoms with E-state index in [-0.39, 0.29) is 5.88 Å². The molecule has 0 saturated carbocycles. The number of furan rings is 1. The Hall–Kier alpha value is -0.930. The van der Waals surface area contributed by atoms with Crippen molar-refractivity contribution in [2.75, 3.05) is 0 Å². The van der Waals surface area contributed by atoms with Crippen molar-refractivity contribution >= 4 is 23.2 Å². The Kier molecular flexibility index (Phi) is 2.29. The van der Waals surface area contributed by atoms with Gasteiger partial charge in [0.05, 0.1) is 12.1 Å². The largest absolute Gasteiger partial charge is 0.441 e. The van der Waals surface area contributed by atoms with Crippen molar-refractivity contribution in [3.63, 3.8) is 0 Å². The topological polar surface area (TPSA) is 39.2 Å². The quantitative estimate of drug-likeness (QED) is 0.725. The minimum Gasteiger partial charge on any atom is -0.441 e. The third-order valence-electron chi connectivity index (χ3n) is 1.48. The third kappa shape index (κ3) is 1.71. The lowest BCUT2D eigenvalue weighted by molar-refractivity contribution is 0.497. The Morgan fingerprint density at radius 3 is 2.62 bits per heavy atom. The Balaban J connectivity index is 2.35. The first-order chi connectivity index (χ1) is 6.29. The highest BCUT2D eigenvalue weighted by Gasteiger charge is 2.08. The fourth-order valence-electron chi connectivity index (χ4n) is 0.933. The zero-order valence-electron chi connectivity index (χ0n) is 6.46. The van der Waals surface area contributed by atoms with E-state index in [9.17, 15) is 0 Å². The summed E-state index contributed by atoms with van der Waals surface area (Å²) < 4.78 is 10.4. The first-order valence-electron chi connectivity index (χ1n) is 3.56. The van der Waals surface area contributed by atoms with Gasteiger partial charge in [-0.2, -0.15) is 0 Å². The molecule has 0 bridgehead atoms. The molecule has 2 rings (SSSR count). The molecule has 0 N–H and O–H groups in total. The highest BCUT2D eigenvalue weighted by atomic mass is 35.5. The van der Waals surface area contributed by atoms with Gasteiger partial charge in [-0.3, -0.25) is 0 Å². The molecule has 2 aromatic rings. The number of hydrogen-bond acceptors (Lipinski definition) is 3. The predicted octanol–water partition coefficient (Wildman–Crippen LogP) is 3.33. The molecular weight excluding hydrogens is 213 g/mol. The van der Waals surface area contributed by atoms with Crippen LogP contribution in [0.5, 0.6) is 0 Å². The summed E-state index contributed by atoms with van der Waals surface area (Å²) >= 11 is 11.1. The maximum absolute atomic E-state index is 5.60. The van der Waals surface area contributed by atoms with Gasteiger partial charge in [0.25, 0.3) is 0 Å². The average molecular weight is 218 g/mol. The number of aromatic nitrogens is 1. The third-order valence-corrected chi connectivity index (χ3v) is 1.92. The summed E-state index contributed by atoms with van der Waals surface area (Å²) in [5.41, 5.74) is 0. The second kappa shape index (κ2) is 3.44. The van der Waals surface area contributed by atoms with E-state index >= 15 is 0 Å². The molecule has 0 aliphatic rings. The maximum Gasteiger partial charge on any atom is 0.210 e. The number of oxazole rings is 1. The Labute approximate surface area is 84.3 Å². The molecule has 0 aliphatic heterocycles. The maximum atomic E-state index is 5.60. The van der Waals surface area contributed by atoms with E-state index in [0.29, 0.717) is 22.6 Å². The van der Waals surface area contributed by atoms with Crippen LogP contribution >= 0.6 is 23.2 Å². The first kappa shape index (κ1) is 8.66. The van der Waals surface area contributed by atoms with Crippen LogP contribution in [0.1, 0.15) is 5.89 Å². The summed E-state index contributed by atoms with van der Waals surface area (Å²) in [4.78, 5) is 3.92. The summed E-state index contributed by atoms with van der Waals surface area (Å²) in [6.07, 6.45) is 1.55. The predicted molar refractivity (Wildman–Crippen MR) is 48.8 cm³/mol. The lowest BCUT2D eigenvalue weighted by atomic mass is 10.4. The smallest absolute Gasteiger partial charge is 0.210 e. The summed E-state index contributed by atoms with van der Waals surface area (Å²) in [6.45, 7) is 0. The van der Waals surface area contributed by atoms with Gasteiger partial charge in [-0.25, -0.2) is 4.98 Å². The lowest BCUT2D eigenvalue weighted by Gasteiger charge is -1.87. The molecule has 0 atom stereocenters. The van der Waals surface area contributed by atoms with Gasteiger partial charge in [-0.05, 0) is 23.7 Å². The second-order valence-electron chi connectivity index (χ2n) is 2.36. The average Bonchev–Trinajstić information content (AvgIpc) is 2.71. The summed E-state index contributed by atoms with van der Waals surface area (Å²) in [5.74, 6) is 1.79. The number of hydrogen-bond donors (Lipinski definition) is 0. The van der Waals surface area contributed by atoms with Crippen molar-refractivity contribution in [2.24, 2.45) is 0 Å². The SMILES string of the molecule is ClCc1ncc(-c2ccc(Cl)o2)o1. The molecule has 0 fully saturated rings. The van der Waals surface area contributed by atoms with Crippen LogP contribution in [0, 0.1) is 0 Å². The van der Waals surface area contributed by atoms with Crippen LogP contribution in [0.2, 0.25) is 5.22 Å². The fourth-order valence-corrected chi connectivity index (χ4v) is 1.20. The first-order valence-corrected chi connectivity index (χ1v) is 4.47. The normalized spacial score (nSPS) is 10.6. The van der Waals surface area contributed by atoms with Gasteiger partial charge >= 0.3 is 0 Å². The zero-order chi connectivity index (χ0) is 9.26. The molecule has 0 saturated heterocycles. The molecule has 2 heterocycles. The van der Waals surface area contributed by atoms with E-state index in [0.717, 1.165) is 0 Å². The summed E-state index contributed by atoms with van der Waals surface area (Å²) in [6, 6.07) is 3.35. The van der Waals surface area contributed by atoms with Gasteiger partial charge in [0.15, 0.2) is 16.7 Å². The zero-order valence-corrected chi connectivity index (χ0v) is 7.97. The van der Waals surface area contributed by atoms with Crippen LogP contribution in [-0.4, -0.2) is 4.98 Å². The number of halogens is 2. The van der Waals surface area contributed by atoms with E-state index < -0.39 is 0 Å². The van der Waals surface area contributed by atoms with Gasteiger partial charge in [-0.1, -0.05) is 0 Å². The van der Waals surface area contributed by atoms with Crippen molar-refractivity contribution in [2.45, 2.75) is 5.88 Å². The molecule has 0 unspecified atom stereocenters. The fraction of sp³-hybridized carbons (Fsp3) is 0.125. The molecular formula is C8H5Cl2NO2. The Bertz CT molecular complexity index is 408. The van der Waals surface area contributed by atoms with Crippen LogP contribution in [0.4, 0.5) is 0 Å². The lowest BCUT2D eigenvalue weighted by Crippen LogP contribution is -1.70. The molecule has 5 heteroatoms. The Morgan fingerprint density at radius 2 is 2.08 bits per heavy atom. The van der Waals surface area contributed by atoms with Gasteiger partial charge in [0.2, 0.25) is 5.89 Å². The van der Waals surface area contributed by atoms with Gasteiger partial charge in [0.1, 0.15) is 0 Å². The highest BCUT2D eigenvalue weighted by molar-refractivity contribution is 6.28. The Morgan fingerprint density at radius 1 is 1.23 bits per heavy atom. The molecule has 68 valence electrons. The van der Waals surface area contributed by atoms with Crippen LogP contribution in [-0.2, 0) is 5.88 Å². The van der Waals surface area contributed by atoms with Crippen molar-refractivity contribution in [1.82, 2.24) is 4.98 Å². The second-order valence-corrected chi connectivity index (χ2v) is 3.00. The minimum atomic E-state index is 0.244. The van der Waals surface area contributed by atoms with Crippen LogP contribution < -0.4 is 0 Å². The molecule has 0 amide bonds. The standard InChI is InChI=1S/C8H5Cl2NO2/c9-3-8-11-4-6(13-8)5-1-2-7(10)12-5/h1-2,4H,3H2. The molecule has 0 aliphatic carbocycles. The number of nitrogens with zero attached hydrogens (tertiary/aromatic N) is 1. The van der Waals surface area contributed by atoms with Gasteiger partial charge in [-0.15, -0.1) is 11.6 Å². The minimum absolute atomic E-state index is 0.244. The van der Waals surface area contributed by atoms with E-state index in [1.165, 1.54) is 0 Å². The van der Waals surface area contributed by atoms with E-state index in [1.807, 2.05) is 0 Å². The highest BCUT2D eigenvalue weighted by Crippen LogP contribution is 2.25. The van der Waals surface area contributed by atoms with Gasteiger partial charge in [0, 0.05) is 0 Å². The van der Waals surface area contributed by atoms with E-state index in [2.05, 4.69) is 4.98 Å². The van der Waals surface area contributed by atoms with Crippen molar-refractivity contribution in [3.05, 3.63) is 29.4 Å². The van der Waals surface area contributed by atoms with Crippen molar-refractivity contribution in [1.29, 1.82) is 0 Å². The molecule has 3 nitrogen and oxygen atoms in total. The monoisotopic (exact) mass is 217 g/mol. The summed E-state index contributed by atoms with van der Waals surface area (Å²) in [7, 11) is 0. The van der Waals surface area contributed by atoms with Crippen molar-refractivity contribution < 1.29 is 8.83 Å². The molecule has 0 aromatic carbocycles. The number of alkyl halides is 1. The molecule has 0 spiro atoms. The van der Waals surface area contributed by atoms with E-state index in [4.69, 9.17) is 32.0 Å².